The van der Waals surface area contributed by atoms with Gasteiger partial charge in [-0.3, -0.25) is 0 Å². The minimum absolute atomic E-state index is 0.0719. The van der Waals surface area contributed by atoms with Gasteiger partial charge in [-0.1, -0.05) is 18.5 Å². The van der Waals surface area contributed by atoms with E-state index in [1.807, 2.05) is 13.0 Å². The van der Waals surface area contributed by atoms with Crippen molar-refractivity contribution in [3.05, 3.63) is 22.7 Å². The van der Waals surface area contributed by atoms with Crippen LogP contribution in [-0.4, -0.2) is 14.2 Å². The Balaban J connectivity index is 3.19. The van der Waals surface area contributed by atoms with Crippen LogP contribution in [0.3, 0.4) is 0 Å². The predicted octanol–water partition coefficient (Wildman–Crippen LogP) is 2.77. The van der Waals surface area contributed by atoms with Crippen molar-refractivity contribution in [3.63, 3.8) is 0 Å². The summed E-state index contributed by atoms with van der Waals surface area (Å²) >= 11 is 6.10. The molecule has 0 aliphatic heterocycles. The molecule has 0 saturated carbocycles. The lowest BCUT2D eigenvalue weighted by molar-refractivity contribution is 0.354. The van der Waals surface area contributed by atoms with E-state index < -0.39 is 0 Å². The van der Waals surface area contributed by atoms with Gasteiger partial charge in [-0.2, -0.15) is 0 Å². The maximum atomic E-state index is 6.10. The van der Waals surface area contributed by atoms with Gasteiger partial charge < -0.3 is 15.2 Å². The molecule has 0 fully saturated rings. The van der Waals surface area contributed by atoms with Gasteiger partial charge in [-0.05, 0) is 18.1 Å². The SMILES string of the molecule is CC[C@H](N)c1cc(OC)c(OC)cc1Cl. The van der Waals surface area contributed by atoms with E-state index in [9.17, 15) is 0 Å². The average Bonchev–Trinajstić information content (AvgIpc) is 2.27. The molecule has 15 heavy (non-hydrogen) atoms. The fraction of sp³-hybridized carbons (Fsp3) is 0.455. The molecule has 2 N–H and O–H groups in total. The second-order valence-electron chi connectivity index (χ2n) is 3.24. The van der Waals surface area contributed by atoms with E-state index in [0.717, 1.165) is 12.0 Å². The average molecular weight is 230 g/mol. The van der Waals surface area contributed by atoms with Crippen molar-refractivity contribution in [1.82, 2.24) is 0 Å². The van der Waals surface area contributed by atoms with Crippen molar-refractivity contribution >= 4 is 11.6 Å². The molecule has 4 heteroatoms. The van der Waals surface area contributed by atoms with Crippen LogP contribution in [0.5, 0.6) is 11.5 Å². The largest absolute Gasteiger partial charge is 0.493 e. The molecule has 1 aromatic carbocycles. The highest BCUT2D eigenvalue weighted by molar-refractivity contribution is 6.31. The van der Waals surface area contributed by atoms with Gasteiger partial charge in [0.05, 0.1) is 14.2 Å². The minimum Gasteiger partial charge on any atom is -0.493 e. The second kappa shape index (κ2) is 5.24. The summed E-state index contributed by atoms with van der Waals surface area (Å²) in [4.78, 5) is 0. The minimum atomic E-state index is -0.0719. The first kappa shape index (κ1) is 12.1. The van der Waals surface area contributed by atoms with Crippen molar-refractivity contribution in [2.45, 2.75) is 19.4 Å². The van der Waals surface area contributed by atoms with Crippen molar-refractivity contribution in [3.8, 4) is 11.5 Å². The Morgan fingerprint density at radius 1 is 1.27 bits per heavy atom. The van der Waals surface area contributed by atoms with Gasteiger partial charge >= 0.3 is 0 Å². The summed E-state index contributed by atoms with van der Waals surface area (Å²) in [7, 11) is 3.17. The van der Waals surface area contributed by atoms with E-state index in [-0.39, 0.29) is 6.04 Å². The highest BCUT2D eigenvalue weighted by Crippen LogP contribution is 2.35. The number of hydrogen-bond donors (Lipinski definition) is 1. The first-order valence-corrected chi connectivity index (χ1v) is 5.18. The van der Waals surface area contributed by atoms with E-state index in [2.05, 4.69) is 0 Å². The van der Waals surface area contributed by atoms with E-state index >= 15 is 0 Å². The van der Waals surface area contributed by atoms with Crippen LogP contribution in [0.15, 0.2) is 12.1 Å². The summed E-state index contributed by atoms with van der Waals surface area (Å²) < 4.78 is 10.3. The summed E-state index contributed by atoms with van der Waals surface area (Å²) in [6, 6.07) is 3.48. The number of benzene rings is 1. The van der Waals surface area contributed by atoms with Crippen LogP contribution >= 0.6 is 11.6 Å². The zero-order valence-electron chi connectivity index (χ0n) is 9.21. The van der Waals surface area contributed by atoms with E-state index in [1.165, 1.54) is 0 Å². The molecule has 0 spiro atoms. The number of halogens is 1. The maximum Gasteiger partial charge on any atom is 0.162 e. The number of methoxy groups -OCH3 is 2. The van der Waals surface area contributed by atoms with Gasteiger partial charge in [0.15, 0.2) is 11.5 Å². The summed E-state index contributed by atoms with van der Waals surface area (Å²) in [6.07, 6.45) is 0.829. The van der Waals surface area contributed by atoms with Crippen LogP contribution in [0.4, 0.5) is 0 Å². The molecule has 0 saturated heterocycles. The van der Waals surface area contributed by atoms with Crippen molar-refractivity contribution in [2.75, 3.05) is 14.2 Å². The molecular weight excluding hydrogens is 214 g/mol. The first-order valence-electron chi connectivity index (χ1n) is 4.81. The van der Waals surface area contributed by atoms with Crippen molar-refractivity contribution < 1.29 is 9.47 Å². The standard InChI is InChI=1S/C11H16ClNO2/c1-4-9(13)7-5-10(14-2)11(15-3)6-8(7)12/h5-6,9H,4,13H2,1-3H3/t9-/m0/s1. The van der Waals surface area contributed by atoms with Gasteiger partial charge in [0.2, 0.25) is 0 Å². The van der Waals surface area contributed by atoms with Crippen molar-refractivity contribution in [1.29, 1.82) is 0 Å². The Labute approximate surface area is 95.1 Å². The summed E-state index contributed by atoms with van der Waals surface area (Å²) in [6.45, 7) is 2.01. The molecule has 0 unspecified atom stereocenters. The molecule has 0 heterocycles. The summed E-state index contributed by atoms with van der Waals surface area (Å²) in [5.74, 6) is 1.27. The highest BCUT2D eigenvalue weighted by atomic mass is 35.5. The molecule has 0 radical (unpaired) electrons. The lowest BCUT2D eigenvalue weighted by Gasteiger charge is -2.15. The molecule has 1 aromatic rings. The second-order valence-corrected chi connectivity index (χ2v) is 3.65. The quantitative estimate of drug-likeness (QED) is 0.864. The van der Waals surface area contributed by atoms with Gasteiger partial charge in [-0.25, -0.2) is 0 Å². The molecule has 1 rings (SSSR count). The Morgan fingerprint density at radius 2 is 1.80 bits per heavy atom. The molecule has 0 amide bonds. The summed E-state index contributed by atoms with van der Waals surface area (Å²) in [5, 5.41) is 0.613. The van der Waals surface area contributed by atoms with Crippen LogP contribution in [0, 0.1) is 0 Å². The lowest BCUT2D eigenvalue weighted by Crippen LogP contribution is -2.09. The lowest BCUT2D eigenvalue weighted by atomic mass is 10.0. The zero-order chi connectivity index (χ0) is 11.4. The number of nitrogens with two attached hydrogens (primary N) is 1. The van der Waals surface area contributed by atoms with Crippen LogP contribution in [0.25, 0.3) is 0 Å². The molecular formula is C11H16ClNO2. The van der Waals surface area contributed by atoms with Gasteiger partial charge in [0.25, 0.3) is 0 Å². The highest BCUT2D eigenvalue weighted by Gasteiger charge is 2.13. The van der Waals surface area contributed by atoms with Crippen LogP contribution in [0.1, 0.15) is 24.9 Å². The molecule has 84 valence electrons. The first-order chi connectivity index (χ1) is 7.13. The monoisotopic (exact) mass is 229 g/mol. The topological polar surface area (TPSA) is 44.5 Å². The third kappa shape index (κ3) is 2.55. The fourth-order valence-electron chi connectivity index (χ4n) is 1.37. The predicted molar refractivity (Wildman–Crippen MR) is 61.8 cm³/mol. The van der Waals surface area contributed by atoms with Gasteiger partial charge in [0.1, 0.15) is 0 Å². The maximum absolute atomic E-state index is 6.10. The summed E-state index contributed by atoms with van der Waals surface area (Å²) in [5.41, 5.74) is 6.82. The molecule has 3 nitrogen and oxygen atoms in total. The third-order valence-corrected chi connectivity index (χ3v) is 2.67. The Morgan fingerprint density at radius 3 is 2.27 bits per heavy atom. The number of rotatable bonds is 4. The van der Waals surface area contributed by atoms with Gasteiger partial charge in [0, 0.05) is 17.1 Å². The number of ether oxygens (including phenoxy) is 2. The van der Waals surface area contributed by atoms with Crippen LogP contribution < -0.4 is 15.2 Å². The van der Waals surface area contributed by atoms with E-state index in [1.54, 1.807) is 20.3 Å². The molecule has 0 aromatic heterocycles. The Hall–Kier alpha value is -0.930. The third-order valence-electron chi connectivity index (χ3n) is 2.34. The fourth-order valence-corrected chi connectivity index (χ4v) is 1.67. The number of hydrogen-bond acceptors (Lipinski definition) is 3. The zero-order valence-corrected chi connectivity index (χ0v) is 9.97. The van der Waals surface area contributed by atoms with E-state index in [0.29, 0.717) is 16.5 Å². The Bertz CT molecular complexity index is 342. The van der Waals surface area contributed by atoms with Crippen LogP contribution in [0.2, 0.25) is 5.02 Å². The molecule has 0 bridgehead atoms. The Kier molecular flexibility index (Phi) is 4.24. The molecule has 0 aliphatic carbocycles. The molecule has 1 atom stereocenters. The van der Waals surface area contributed by atoms with Crippen LogP contribution in [-0.2, 0) is 0 Å². The van der Waals surface area contributed by atoms with Crippen molar-refractivity contribution in [2.24, 2.45) is 5.73 Å². The van der Waals surface area contributed by atoms with E-state index in [4.69, 9.17) is 26.8 Å². The normalized spacial score (nSPS) is 12.3. The van der Waals surface area contributed by atoms with Gasteiger partial charge in [-0.15, -0.1) is 0 Å². The smallest absolute Gasteiger partial charge is 0.162 e. The molecule has 0 aliphatic rings.